The van der Waals surface area contributed by atoms with Gasteiger partial charge < -0.3 is 5.32 Å². The number of nitrogens with zero attached hydrogens (tertiary/aromatic N) is 6. The predicted molar refractivity (Wildman–Crippen MR) is 134 cm³/mol. The highest BCUT2D eigenvalue weighted by Gasteiger charge is 2.07. The molecule has 0 bridgehead atoms. The maximum Gasteiger partial charge on any atom is 0.223 e. The molecule has 6 rings (SSSR count). The van der Waals surface area contributed by atoms with Gasteiger partial charge in [0.15, 0.2) is 5.82 Å². The molecule has 0 aliphatic rings. The second-order valence-electron chi connectivity index (χ2n) is 7.83. The number of hydrogen-bond acceptors (Lipinski definition) is 7. The standard InChI is InChI=1S/C27H18N8/c1-2-4-20-15-30-23(14-19(20)3-1)17-31-27-29-12-10-25(34-27)26-28-11-9-22(33-26)7-5-18-6-8-24-21(13-18)16-32-35-24/h1-4,6,8-16H,17H2,(H,32,35)(H,29,31,34). The van der Waals surface area contributed by atoms with E-state index in [2.05, 4.69) is 64.4 Å². The molecule has 4 heterocycles. The second kappa shape index (κ2) is 9.00. The smallest absolute Gasteiger partial charge is 0.223 e. The number of aromatic amines is 1. The highest BCUT2D eigenvalue weighted by atomic mass is 15.1. The Morgan fingerprint density at radius 1 is 0.771 bits per heavy atom. The number of rotatable bonds is 4. The van der Waals surface area contributed by atoms with E-state index in [1.807, 2.05) is 42.6 Å². The summed E-state index contributed by atoms with van der Waals surface area (Å²) in [7, 11) is 0. The maximum atomic E-state index is 4.57. The normalized spacial score (nSPS) is 10.7. The molecular weight excluding hydrogens is 436 g/mol. The van der Waals surface area contributed by atoms with Crippen molar-refractivity contribution < 1.29 is 0 Å². The lowest BCUT2D eigenvalue weighted by molar-refractivity contribution is 1.00. The molecule has 0 saturated heterocycles. The summed E-state index contributed by atoms with van der Waals surface area (Å²) in [5.41, 5.74) is 3.98. The molecule has 8 heteroatoms. The Bertz CT molecular complexity index is 1730. The Morgan fingerprint density at radius 2 is 1.69 bits per heavy atom. The first-order valence-corrected chi connectivity index (χ1v) is 11.0. The molecule has 0 unspecified atom stereocenters. The summed E-state index contributed by atoms with van der Waals surface area (Å²) in [6.07, 6.45) is 7.01. The van der Waals surface area contributed by atoms with Crippen molar-refractivity contribution in [2.45, 2.75) is 6.54 Å². The van der Waals surface area contributed by atoms with Gasteiger partial charge in [0.2, 0.25) is 5.95 Å². The number of nitrogens with one attached hydrogen (secondary N) is 2. The molecule has 0 saturated carbocycles. The van der Waals surface area contributed by atoms with Gasteiger partial charge in [-0.25, -0.2) is 19.9 Å². The van der Waals surface area contributed by atoms with Crippen LogP contribution in [0.4, 0.5) is 5.95 Å². The third-order valence-corrected chi connectivity index (χ3v) is 5.43. The Morgan fingerprint density at radius 3 is 2.66 bits per heavy atom. The van der Waals surface area contributed by atoms with Crippen LogP contribution in [-0.4, -0.2) is 35.1 Å². The minimum absolute atomic E-state index is 0.478. The van der Waals surface area contributed by atoms with Crippen LogP contribution in [-0.2, 0) is 6.54 Å². The first-order valence-electron chi connectivity index (χ1n) is 11.0. The number of pyridine rings is 1. The van der Waals surface area contributed by atoms with Crippen LogP contribution in [0.25, 0.3) is 33.2 Å². The van der Waals surface area contributed by atoms with Crippen LogP contribution >= 0.6 is 0 Å². The van der Waals surface area contributed by atoms with Gasteiger partial charge in [0.25, 0.3) is 0 Å². The molecule has 0 fully saturated rings. The molecule has 0 radical (unpaired) electrons. The van der Waals surface area contributed by atoms with Crippen molar-refractivity contribution in [2.24, 2.45) is 0 Å². The van der Waals surface area contributed by atoms with E-state index in [1.54, 1.807) is 30.7 Å². The molecule has 2 N–H and O–H groups in total. The Balaban J connectivity index is 1.20. The van der Waals surface area contributed by atoms with E-state index < -0.39 is 0 Å². The van der Waals surface area contributed by atoms with Crippen LogP contribution in [0.5, 0.6) is 0 Å². The van der Waals surface area contributed by atoms with Crippen LogP contribution in [0.1, 0.15) is 17.0 Å². The lowest BCUT2D eigenvalue weighted by atomic mass is 10.1. The van der Waals surface area contributed by atoms with E-state index in [4.69, 9.17) is 0 Å². The number of anilines is 1. The average Bonchev–Trinajstić information content (AvgIpc) is 3.39. The molecule has 0 aliphatic carbocycles. The largest absolute Gasteiger partial charge is 0.349 e. The number of aromatic nitrogens is 7. The number of H-pyrrole nitrogens is 1. The van der Waals surface area contributed by atoms with Gasteiger partial charge in [-0.05, 0) is 47.7 Å². The molecule has 4 aromatic heterocycles. The number of hydrogen-bond donors (Lipinski definition) is 2. The third-order valence-electron chi connectivity index (χ3n) is 5.43. The molecule has 166 valence electrons. The molecular formula is C27H18N8. The molecule has 6 aromatic rings. The first kappa shape index (κ1) is 20.4. The first-order chi connectivity index (χ1) is 17.3. The zero-order valence-corrected chi connectivity index (χ0v) is 18.5. The summed E-state index contributed by atoms with van der Waals surface area (Å²) < 4.78 is 0. The third kappa shape index (κ3) is 4.51. The topological polar surface area (TPSA) is 105 Å². The van der Waals surface area contributed by atoms with Gasteiger partial charge in [-0.1, -0.05) is 30.2 Å². The summed E-state index contributed by atoms with van der Waals surface area (Å²) >= 11 is 0. The summed E-state index contributed by atoms with van der Waals surface area (Å²) in [5, 5.41) is 13.5. The molecule has 2 aromatic carbocycles. The van der Waals surface area contributed by atoms with Crippen LogP contribution in [0.3, 0.4) is 0 Å². The summed E-state index contributed by atoms with van der Waals surface area (Å²) in [4.78, 5) is 22.3. The van der Waals surface area contributed by atoms with Crippen molar-refractivity contribution in [3.05, 3.63) is 102 Å². The zero-order chi connectivity index (χ0) is 23.5. The van der Waals surface area contributed by atoms with E-state index >= 15 is 0 Å². The van der Waals surface area contributed by atoms with Gasteiger partial charge in [0.1, 0.15) is 11.4 Å². The lowest BCUT2D eigenvalue weighted by Crippen LogP contribution is -2.06. The predicted octanol–water partition coefficient (Wildman–Crippen LogP) is 4.37. The highest BCUT2D eigenvalue weighted by molar-refractivity contribution is 5.82. The van der Waals surface area contributed by atoms with E-state index in [0.717, 1.165) is 32.9 Å². The Hall–Kier alpha value is -5.16. The van der Waals surface area contributed by atoms with Gasteiger partial charge in [-0.2, -0.15) is 5.10 Å². The van der Waals surface area contributed by atoms with Crippen molar-refractivity contribution in [3.8, 4) is 23.4 Å². The Labute approximate surface area is 200 Å². The fourth-order valence-electron chi connectivity index (χ4n) is 3.67. The fourth-order valence-corrected chi connectivity index (χ4v) is 3.67. The van der Waals surface area contributed by atoms with Gasteiger partial charge in [-0.15, -0.1) is 0 Å². The van der Waals surface area contributed by atoms with Crippen molar-refractivity contribution in [3.63, 3.8) is 0 Å². The quantitative estimate of drug-likeness (QED) is 0.381. The lowest BCUT2D eigenvalue weighted by Gasteiger charge is -2.07. The molecule has 8 nitrogen and oxygen atoms in total. The average molecular weight is 454 g/mol. The minimum Gasteiger partial charge on any atom is -0.349 e. The van der Waals surface area contributed by atoms with Crippen molar-refractivity contribution in [2.75, 3.05) is 5.32 Å². The minimum atomic E-state index is 0.478. The van der Waals surface area contributed by atoms with Gasteiger partial charge in [0.05, 0.1) is 24.0 Å². The second-order valence-corrected chi connectivity index (χ2v) is 7.83. The van der Waals surface area contributed by atoms with Gasteiger partial charge in [0, 0.05) is 34.9 Å². The van der Waals surface area contributed by atoms with E-state index in [0.29, 0.717) is 29.7 Å². The molecule has 0 amide bonds. The fraction of sp³-hybridized carbons (Fsp3) is 0.0370. The van der Waals surface area contributed by atoms with E-state index in [1.165, 1.54) is 0 Å². The summed E-state index contributed by atoms with van der Waals surface area (Å²) in [6, 6.07) is 19.6. The van der Waals surface area contributed by atoms with E-state index in [-0.39, 0.29) is 0 Å². The van der Waals surface area contributed by atoms with Crippen molar-refractivity contribution in [1.82, 2.24) is 35.1 Å². The van der Waals surface area contributed by atoms with Crippen LogP contribution < -0.4 is 5.32 Å². The Kier molecular flexibility index (Phi) is 5.26. The monoisotopic (exact) mass is 454 g/mol. The SMILES string of the molecule is C(#Cc1ccnc(-c2ccnc(NCc3cc4ccccc4cn3)n2)n1)c1ccc2[nH]ncc2c1. The number of fused-ring (bicyclic) bond motifs is 2. The molecule has 0 aliphatic heterocycles. The molecule has 0 spiro atoms. The maximum absolute atomic E-state index is 4.57. The zero-order valence-electron chi connectivity index (χ0n) is 18.5. The van der Waals surface area contributed by atoms with Crippen LogP contribution in [0.15, 0.2) is 85.5 Å². The van der Waals surface area contributed by atoms with Gasteiger partial charge in [-0.3, -0.25) is 10.1 Å². The summed E-state index contributed by atoms with van der Waals surface area (Å²) in [5.74, 6) is 7.22. The van der Waals surface area contributed by atoms with Crippen molar-refractivity contribution in [1.29, 1.82) is 0 Å². The van der Waals surface area contributed by atoms with Crippen molar-refractivity contribution >= 4 is 27.6 Å². The van der Waals surface area contributed by atoms with Gasteiger partial charge >= 0.3 is 0 Å². The van der Waals surface area contributed by atoms with Crippen LogP contribution in [0.2, 0.25) is 0 Å². The van der Waals surface area contributed by atoms with Crippen LogP contribution in [0, 0.1) is 11.8 Å². The molecule has 0 atom stereocenters. The molecule has 35 heavy (non-hydrogen) atoms. The summed E-state index contributed by atoms with van der Waals surface area (Å²) in [6.45, 7) is 0.502. The van der Waals surface area contributed by atoms with E-state index in [9.17, 15) is 0 Å². The highest BCUT2D eigenvalue weighted by Crippen LogP contribution is 2.16. The number of benzene rings is 2.